The molecular formula is C23H20FN3O3S. The van der Waals surface area contributed by atoms with Crippen molar-refractivity contribution in [2.24, 2.45) is 0 Å². The van der Waals surface area contributed by atoms with Crippen molar-refractivity contribution in [2.75, 3.05) is 6.61 Å². The Morgan fingerprint density at radius 1 is 1.13 bits per heavy atom. The Morgan fingerprint density at radius 3 is 2.77 bits per heavy atom. The van der Waals surface area contributed by atoms with Crippen LogP contribution in [0.3, 0.4) is 0 Å². The van der Waals surface area contributed by atoms with Crippen molar-refractivity contribution in [2.45, 2.75) is 36.4 Å². The molecule has 8 heteroatoms. The zero-order chi connectivity index (χ0) is 21.2. The number of oxazole rings is 1. The van der Waals surface area contributed by atoms with Gasteiger partial charge in [-0.1, -0.05) is 23.9 Å². The van der Waals surface area contributed by atoms with Crippen molar-refractivity contribution in [3.63, 3.8) is 0 Å². The van der Waals surface area contributed by atoms with E-state index in [2.05, 4.69) is 4.98 Å². The van der Waals surface area contributed by atoms with Gasteiger partial charge in [-0.25, -0.2) is 14.4 Å². The zero-order valence-electron chi connectivity index (χ0n) is 16.7. The van der Waals surface area contributed by atoms with E-state index in [1.165, 1.54) is 23.9 Å². The highest BCUT2D eigenvalue weighted by molar-refractivity contribution is 7.98. The summed E-state index contributed by atoms with van der Waals surface area (Å²) >= 11 is 1.44. The van der Waals surface area contributed by atoms with Gasteiger partial charge in [0.1, 0.15) is 12.1 Å². The molecular weight excluding hydrogens is 417 g/mol. The van der Waals surface area contributed by atoms with E-state index in [-0.39, 0.29) is 17.5 Å². The first-order valence-electron chi connectivity index (χ1n) is 10.1. The SMILES string of the molecule is O=c1c2ccccc2nc(SCc2coc(-c3ccc(F)cc3)n2)n1C[C@@H]1CCCO1. The van der Waals surface area contributed by atoms with Crippen LogP contribution in [0.15, 0.2) is 69.2 Å². The number of hydrogen-bond acceptors (Lipinski definition) is 6. The van der Waals surface area contributed by atoms with E-state index in [4.69, 9.17) is 14.1 Å². The third-order valence-corrected chi connectivity index (χ3v) is 6.24. The summed E-state index contributed by atoms with van der Waals surface area (Å²) in [6, 6.07) is 13.4. The Labute approximate surface area is 182 Å². The summed E-state index contributed by atoms with van der Waals surface area (Å²) in [4.78, 5) is 22.4. The molecule has 0 amide bonds. The Morgan fingerprint density at radius 2 is 1.97 bits per heavy atom. The maximum Gasteiger partial charge on any atom is 0.262 e. The van der Waals surface area contributed by atoms with Crippen molar-refractivity contribution in [3.8, 4) is 11.5 Å². The normalized spacial score (nSPS) is 16.2. The fourth-order valence-electron chi connectivity index (χ4n) is 3.65. The molecule has 0 unspecified atom stereocenters. The molecule has 4 aromatic rings. The molecule has 6 nitrogen and oxygen atoms in total. The maximum atomic E-state index is 13.2. The summed E-state index contributed by atoms with van der Waals surface area (Å²) < 4.78 is 26.2. The molecule has 2 aromatic carbocycles. The molecule has 0 N–H and O–H groups in total. The number of nitrogens with zero attached hydrogens (tertiary/aromatic N) is 3. The summed E-state index contributed by atoms with van der Waals surface area (Å²) in [6.45, 7) is 1.21. The van der Waals surface area contributed by atoms with Crippen LogP contribution in [0.25, 0.3) is 22.4 Å². The van der Waals surface area contributed by atoms with Crippen molar-refractivity contribution >= 4 is 22.7 Å². The summed E-state index contributed by atoms with van der Waals surface area (Å²) in [6.07, 6.45) is 3.55. The molecule has 5 rings (SSSR count). The number of fused-ring (bicyclic) bond motifs is 1. The topological polar surface area (TPSA) is 70.2 Å². The van der Waals surface area contributed by atoms with Crippen LogP contribution >= 0.6 is 11.8 Å². The molecule has 0 saturated carbocycles. The van der Waals surface area contributed by atoms with Crippen LogP contribution in [-0.4, -0.2) is 27.2 Å². The number of halogens is 1. The lowest BCUT2D eigenvalue weighted by Crippen LogP contribution is -2.28. The van der Waals surface area contributed by atoms with Crippen LogP contribution < -0.4 is 5.56 Å². The fraction of sp³-hybridized carbons (Fsp3) is 0.261. The smallest absolute Gasteiger partial charge is 0.262 e. The van der Waals surface area contributed by atoms with Crippen LogP contribution in [0.2, 0.25) is 0 Å². The minimum atomic E-state index is -0.308. The van der Waals surface area contributed by atoms with Gasteiger partial charge in [-0.15, -0.1) is 0 Å². The summed E-state index contributed by atoms with van der Waals surface area (Å²) in [5.74, 6) is 0.609. The van der Waals surface area contributed by atoms with Gasteiger partial charge in [0.25, 0.3) is 5.56 Å². The molecule has 158 valence electrons. The second-order valence-corrected chi connectivity index (χ2v) is 8.34. The third kappa shape index (κ3) is 4.26. The molecule has 0 radical (unpaired) electrons. The lowest BCUT2D eigenvalue weighted by Gasteiger charge is -2.16. The number of ether oxygens (including phenoxy) is 1. The highest BCUT2D eigenvalue weighted by Crippen LogP contribution is 2.26. The zero-order valence-corrected chi connectivity index (χ0v) is 17.5. The van der Waals surface area contributed by atoms with Gasteiger partial charge in [-0.05, 0) is 49.2 Å². The summed E-state index contributed by atoms with van der Waals surface area (Å²) in [7, 11) is 0. The van der Waals surface area contributed by atoms with E-state index in [1.54, 1.807) is 29.0 Å². The van der Waals surface area contributed by atoms with Gasteiger partial charge < -0.3 is 9.15 Å². The predicted molar refractivity (Wildman–Crippen MR) is 116 cm³/mol. The molecule has 1 aliphatic heterocycles. The first-order chi connectivity index (χ1) is 15.2. The number of hydrogen-bond donors (Lipinski definition) is 0. The number of aromatic nitrogens is 3. The van der Waals surface area contributed by atoms with E-state index < -0.39 is 0 Å². The highest BCUT2D eigenvalue weighted by atomic mass is 32.2. The molecule has 3 heterocycles. The lowest BCUT2D eigenvalue weighted by atomic mass is 10.2. The average molecular weight is 437 g/mol. The third-order valence-electron chi connectivity index (χ3n) is 5.23. The van der Waals surface area contributed by atoms with Gasteiger partial charge in [0.2, 0.25) is 5.89 Å². The van der Waals surface area contributed by atoms with Crippen LogP contribution in [-0.2, 0) is 17.0 Å². The van der Waals surface area contributed by atoms with Gasteiger partial charge in [-0.3, -0.25) is 9.36 Å². The quantitative estimate of drug-likeness (QED) is 0.323. The average Bonchev–Trinajstić information content (AvgIpc) is 3.47. The first kappa shape index (κ1) is 20.0. The van der Waals surface area contributed by atoms with Crippen molar-refractivity contribution in [1.29, 1.82) is 0 Å². The Bertz CT molecular complexity index is 1260. The first-order valence-corrected chi connectivity index (χ1v) is 11.1. The lowest BCUT2D eigenvalue weighted by molar-refractivity contribution is 0.0937. The molecule has 1 fully saturated rings. The van der Waals surface area contributed by atoms with Crippen molar-refractivity contribution in [1.82, 2.24) is 14.5 Å². The van der Waals surface area contributed by atoms with Gasteiger partial charge in [0, 0.05) is 17.9 Å². The maximum absolute atomic E-state index is 13.2. The Hall–Kier alpha value is -2.97. The Balaban J connectivity index is 1.41. The highest BCUT2D eigenvalue weighted by Gasteiger charge is 2.20. The fourth-order valence-corrected chi connectivity index (χ4v) is 4.53. The minimum absolute atomic E-state index is 0.0251. The number of thioether (sulfide) groups is 1. The molecule has 2 aromatic heterocycles. The summed E-state index contributed by atoms with van der Waals surface area (Å²) in [5, 5.41) is 1.23. The largest absolute Gasteiger partial charge is 0.444 e. The van der Waals surface area contributed by atoms with Crippen LogP contribution in [0, 0.1) is 5.82 Å². The van der Waals surface area contributed by atoms with Gasteiger partial charge in [-0.2, -0.15) is 0 Å². The number of para-hydroxylation sites is 1. The van der Waals surface area contributed by atoms with E-state index >= 15 is 0 Å². The van der Waals surface area contributed by atoms with E-state index in [0.717, 1.165) is 25.1 Å². The molecule has 1 atom stereocenters. The van der Waals surface area contributed by atoms with Crippen LogP contribution in [0.5, 0.6) is 0 Å². The van der Waals surface area contributed by atoms with Gasteiger partial charge in [0.15, 0.2) is 5.16 Å². The molecule has 31 heavy (non-hydrogen) atoms. The standard InChI is InChI=1S/C23H20FN3O3S/c24-16-9-7-15(8-10-16)21-25-17(13-30-21)14-31-23-26-20-6-2-1-5-19(20)22(28)27(23)12-18-4-3-11-29-18/h1-2,5-10,13,18H,3-4,11-12,14H2/t18-/m0/s1. The number of rotatable bonds is 6. The minimum Gasteiger partial charge on any atom is -0.444 e. The van der Waals surface area contributed by atoms with E-state index in [1.807, 2.05) is 18.2 Å². The number of benzene rings is 2. The van der Waals surface area contributed by atoms with Gasteiger partial charge in [0.05, 0.1) is 29.2 Å². The molecule has 1 saturated heterocycles. The molecule has 0 aliphatic carbocycles. The monoisotopic (exact) mass is 437 g/mol. The van der Waals surface area contributed by atoms with E-state index in [0.29, 0.717) is 39.8 Å². The molecule has 0 bridgehead atoms. The second kappa shape index (κ2) is 8.64. The van der Waals surface area contributed by atoms with Crippen LogP contribution in [0.4, 0.5) is 4.39 Å². The predicted octanol–water partition coefficient (Wildman–Crippen LogP) is 4.66. The van der Waals surface area contributed by atoms with Crippen molar-refractivity contribution in [3.05, 3.63) is 76.7 Å². The van der Waals surface area contributed by atoms with Crippen LogP contribution in [0.1, 0.15) is 18.5 Å². The van der Waals surface area contributed by atoms with Gasteiger partial charge >= 0.3 is 0 Å². The van der Waals surface area contributed by atoms with E-state index in [9.17, 15) is 9.18 Å². The Kier molecular flexibility index (Phi) is 5.57. The second-order valence-electron chi connectivity index (χ2n) is 7.40. The summed E-state index contributed by atoms with van der Waals surface area (Å²) in [5.41, 5.74) is 2.04. The molecule has 1 aliphatic rings. The molecule has 0 spiro atoms. The van der Waals surface area contributed by atoms with Crippen molar-refractivity contribution < 1.29 is 13.5 Å².